The summed E-state index contributed by atoms with van der Waals surface area (Å²) in [6.07, 6.45) is 5.01. The lowest BCUT2D eigenvalue weighted by atomic mass is 10.1. The Morgan fingerprint density at radius 3 is 2.89 bits per heavy atom. The van der Waals surface area contributed by atoms with Gasteiger partial charge in [0.05, 0.1) is 17.1 Å². The number of ether oxygens (including phenoxy) is 1. The normalized spacial score (nSPS) is 13.4. The van der Waals surface area contributed by atoms with Crippen LogP contribution in [-0.4, -0.2) is 29.0 Å². The number of nitrogens with zero attached hydrogens (tertiary/aromatic N) is 3. The summed E-state index contributed by atoms with van der Waals surface area (Å²) in [7, 11) is 0. The number of fused-ring (bicyclic) bond motifs is 1. The Morgan fingerprint density at radius 1 is 1.21 bits per heavy atom. The van der Waals surface area contributed by atoms with Crippen molar-refractivity contribution in [3.8, 4) is 27.7 Å². The van der Waals surface area contributed by atoms with Gasteiger partial charge in [0.1, 0.15) is 10.8 Å². The second kappa shape index (κ2) is 8.10. The monoisotopic (exact) mass is 393 g/mol. The Bertz CT molecular complexity index is 985. The van der Waals surface area contributed by atoms with Gasteiger partial charge in [0.25, 0.3) is 5.91 Å². The van der Waals surface area contributed by atoms with Crippen LogP contribution in [0.3, 0.4) is 0 Å². The number of thiazole rings is 1. The van der Waals surface area contributed by atoms with Gasteiger partial charge in [0.15, 0.2) is 6.61 Å². The molecule has 0 unspecified atom stereocenters. The summed E-state index contributed by atoms with van der Waals surface area (Å²) in [6, 6.07) is 11.8. The van der Waals surface area contributed by atoms with E-state index in [-0.39, 0.29) is 12.5 Å². The molecule has 0 N–H and O–H groups in total. The summed E-state index contributed by atoms with van der Waals surface area (Å²) in [4.78, 5) is 24.7. The fourth-order valence-electron chi connectivity index (χ4n) is 3.38. The quantitative estimate of drug-likeness (QED) is 0.547. The molecule has 1 aliphatic rings. The van der Waals surface area contributed by atoms with E-state index in [1.54, 1.807) is 17.5 Å². The van der Waals surface area contributed by atoms with E-state index in [4.69, 9.17) is 9.72 Å². The predicted octanol–water partition coefficient (Wildman–Crippen LogP) is 5.10. The van der Waals surface area contributed by atoms with Crippen molar-refractivity contribution >= 4 is 22.9 Å². The molecule has 0 fully saturated rings. The van der Waals surface area contributed by atoms with Crippen LogP contribution in [0.15, 0.2) is 42.6 Å². The number of carbonyl (C=O) groups excluding carboxylic acids is 1. The maximum absolute atomic E-state index is 12.4. The maximum atomic E-state index is 12.4. The van der Waals surface area contributed by atoms with Gasteiger partial charge in [-0.1, -0.05) is 25.8 Å². The van der Waals surface area contributed by atoms with Crippen LogP contribution >= 0.6 is 11.3 Å². The van der Waals surface area contributed by atoms with Crippen LogP contribution < -0.4 is 9.64 Å². The number of carbonyl (C=O) groups is 1. The SMILES string of the molecule is CCCCCN1C(=O)COc2ccc(-c3nc(-c4ccccn4)sc3C)cc21. The Labute approximate surface area is 169 Å². The summed E-state index contributed by atoms with van der Waals surface area (Å²) in [5.41, 5.74) is 3.64. The average molecular weight is 394 g/mol. The third kappa shape index (κ3) is 3.64. The average Bonchev–Trinajstić information content (AvgIpc) is 3.12. The molecule has 144 valence electrons. The smallest absolute Gasteiger partial charge is 0.265 e. The molecule has 5 nitrogen and oxygen atoms in total. The number of aromatic nitrogens is 2. The summed E-state index contributed by atoms with van der Waals surface area (Å²) in [5, 5.41) is 0.901. The van der Waals surface area contributed by atoms with E-state index in [0.29, 0.717) is 0 Å². The molecule has 1 aromatic carbocycles. The minimum absolute atomic E-state index is 0.0185. The van der Waals surface area contributed by atoms with Gasteiger partial charge in [-0.25, -0.2) is 4.98 Å². The molecule has 1 aliphatic heterocycles. The number of anilines is 1. The van der Waals surface area contributed by atoms with Crippen molar-refractivity contribution in [1.82, 2.24) is 9.97 Å². The summed E-state index contributed by atoms with van der Waals surface area (Å²) in [6.45, 7) is 5.07. The van der Waals surface area contributed by atoms with Crippen molar-refractivity contribution in [1.29, 1.82) is 0 Å². The number of hydrogen-bond donors (Lipinski definition) is 0. The summed E-state index contributed by atoms with van der Waals surface area (Å²) in [5.74, 6) is 0.780. The van der Waals surface area contributed by atoms with Crippen molar-refractivity contribution in [3.05, 3.63) is 47.5 Å². The number of amides is 1. The first-order chi connectivity index (χ1) is 13.7. The highest BCUT2D eigenvalue weighted by atomic mass is 32.1. The van der Waals surface area contributed by atoms with Crippen LogP contribution in [0.5, 0.6) is 5.75 Å². The van der Waals surface area contributed by atoms with E-state index in [1.807, 2.05) is 41.3 Å². The van der Waals surface area contributed by atoms with Crippen molar-refractivity contribution < 1.29 is 9.53 Å². The number of hydrogen-bond acceptors (Lipinski definition) is 5. The van der Waals surface area contributed by atoms with Crippen LogP contribution in [0.1, 0.15) is 31.1 Å². The van der Waals surface area contributed by atoms with E-state index in [9.17, 15) is 4.79 Å². The highest BCUT2D eigenvalue weighted by Gasteiger charge is 2.26. The fraction of sp³-hybridized carbons (Fsp3) is 0.318. The first-order valence-corrected chi connectivity index (χ1v) is 10.5. The van der Waals surface area contributed by atoms with E-state index < -0.39 is 0 Å². The zero-order valence-electron chi connectivity index (χ0n) is 16.1. The standard InChI is InChI=1S/C22H23N3O2S/c1-3-4-7-12-25-18-13-16(9-10-19(18)27-14-20(25)26)21-15(2)28-22(24-21)17-8-5-6-11-23-17/h5-6,8-11,13H,3-4,7,12,14H2,1-2H3. The van der Waals surface area contributed by atoms with Crippen LogP contribution in [0, 0.1) is 6.92 Å². The summed E-state index contributed by atoms with van der Waals surface area (Å²) < 4.78 is 5.65. The van der Waals surface area contributed by atoms with Crippen LogP contribution in [0.2, 0.25) is 0 Å². The zero-order chi connectivity index (χ0) is 19.5. The molecule has 28 heavy (non-hydrogen) atoms. The van der Waals surface area contributed by atoms with Gasteiger partial charge >= 0.3 is 0 Å². The van der Waals surface area contributed by atoms with Gasteiger partial charge in [0, 0.05) is 23.2 Å². The Kier molecular flexibility index (Phi) is 5.39. The maximum Gasteiger partial charge on any atom is 0.265 e. The molecule has 0 atom stereocenters. The molecule has 0 saturated carbocycles. The molecule has 0 bridgehead atoms. The first-order valence-electron chi connectivity index (χ1n) is 9.64. The van der Waals surface area contributed by atoms with E-state index in [2.05, 4.69) is 18.8 Å². The van der Waals surface area contributed by atoms with Crippen molar-refractivity contribution in [2.24, 2.45) is 0 Å². The number of unbranched alkanes of at least 4 members (excludes halogenated alkanes) is 2. The topological polar surface area (TPSA) is 55.3 Å². The molecule has 3 aromatic rings. The van der Waals surface area contributed by atoms with Gasteiger partial charge in [-0.05, 0) is 43.7 Å². The van der Waals surface area contributed by atoms with Crippen molar-refractivity contribution in [3.63, 3.8) is 0 Å². The van der Waals surface area contributed by atoms with Crippen molar-refractivity contribution in [2.75, 3.05) is 18.1 Å². The van der Waals surface area contributed by atoms with Gasteiger partial charge in [-0.15, -0.1) is 11.3 Å². The minimum atomic E-state index is 0.0185. The van der Waals surface area contributed by atoms with Gasteiger partial charge in [-0.2, -0.15) is 0 Å². The molecule has 0 spiro atoms. The third-order valence-corrected chi connectivity index (χ3v) is 5.83. The number of rotatable bonds is 6. The van der Waals surface area contributed by atoms with Crippen LogP contribution in [-0.2, 0) is 4.79 Å². The second-order valence-corrected chi connectivity index (χ2v) is 8.07. The number of aryl methyl sites for hydroxylation is 1. The molecule has 0 aliphatic carbocycles. The molecule has 0 radical (unpaired) electrons. The van der Waals surface area contributed by atoms with Gasteiger partial charge < -0.3 is 9.64 Å². The molecule has 1 amide bonds. The largest absolute Gasteiger partial charge is 0.482 e. The van der Waals surface area contributed by atoms with E-state index in [1.165, 1.54) is 0 Å². The van der Waals surface area contributed by atoms with E-state index >= 15 is 0 Å². The first kappa shape index (κ1) is 18.6. The van der Waals surface area contributed by atoms with Crippen molar-refractivity contribution in [2.45, 2.75) is 33.1 Å². The molecular formula is C22H23N3O2S. The highest BCUT2D eigenvalue weighted by molar-refractivity contribution is 7.15. The lowest BCUT2D eigenvalue weighted by molar-refractivity contribution is -0.121. The Hall–Kier alpha value is -2.73. The number of benzene rings is 1. The molecule has 6 heteroatoms. The van der Waals surface area contributed by atoms with Gasteiger partial charge in [-0.3, -0.25) is 9.78 Å². The third-order valence-electron chi connectivity index (χ3n) is 4.84. The van der Waals surface area contributed by atoms with Crippen LogP contribution in [0.4, 0.5) is 5.69 Å². The molecule has 2 aromatic heterocycles. The Balaban J connectivity index is 1.69. The fourth-order valence-corrected chi connectivity index (χ4v) is 4.29. The molecule has 4 rings (SSSR count). The lowest BCUT2D eigenvalue weighted by Gasteiger charge is -2.29. The van der Waals surface area contributed by atoms with Crippen LogP contribution in [0.25, 0.3) is 22.0 Å². The molecule has 3 heterocycles. The number of pyridine rings is 1. The Morgan fingerprint density at radius 2 is 2.11 bits per heavy atom. The zero-order valence-corrected chi connectivity index (χ0v) is 17.0. The molecule has 0 saturated heterocycles. The minimum Gasteiger partial charge on any atom is -0.482 e. The highest BCUT2D eigenvalue weighted by Crippen LogP contribution is 2.39. The van der Waals surface area contributed by atoms with E-state index in [0.717, 1.165) is 64.1 Å². The molecular weight excluding hydrogens is 370 g/mol. The van der Waals surface area contributed by atoms with Gasteiger partial charge in [0.2, 0.25) is 0 Å². The second-order valence-electron chi connectivity index (χ2n) is 6.86. The summed E-state index contributed by atoms with van der Waals surface area (Å²) >= 11 is 1.63. The predicted molar refractivity (Wildman–Crippen MR) is 113 cm³/mol. The lowest BCUT2D eigenvalue weighted by Crippen LogP contribution is -2.39.